The molecule has 70 valence electrons. The van der Waals surface area contributed by atoms with Gasteiger partial charge in [-0.3, -0.25) is 5.10 Å². The van der Waals surface area contributed by atoms with Gasteiger partial charge >= 0.3 is 0 Å². The van der Waals surface area contributed by atoms with Crippen molar-refractivity contribution in [2.24, 2.45) is 0 Å². The van der Waals surface area contributed by atoms with Gasteiger partial charge in [-0.15, -0.1) is 0 Å². The third kappa shape index (κ3) is 1.89. The molecule has 0 aliphatic rings. The van der Waals surface area contributed by atoms with E-state index in [0.29, 0.717) is 0 Å². The summed E-state index contributed by atoms with van der Waals surface area (Å²) in [4.78, 5) is 0. The van der Waals surface area contributed by atoms with Crippen LogP contribution in [0.2, 0.25) is 0 Å². The molecular formula is C11H16N2. The average molecular weight is 176 g/mol. The summed E-state index contributed by atoms with van der Waals surface area (Å²) in [7, 11) is 0. The van der Waals surface area contributed by atoms with Gasteiger partial charge in [0, 0.05) is 5.39 Å². The molecule has 0 amide bonds. The molecule has 0 fully saturated rings. The molecule has 0 atom stereocenters. The summed E-state index contributed by atoms with van der Waals surface area (Å²) in [5.74, 6) is 0. The molecule has 1 aromatic heterocycles. The third-order valence-electron chi connectivity index (χ3n) is 2.05. The van der Waals surface area contributed by atoms with Crippen molar-refractivity contribution >= 4 is 10.9 Å². The Labute approximate surface area is 79.0 Å². The number of hydrogen-bond donors (Lipinski definition) is 1. The first-order valence-corrected chi connectivity index (χ1v) is 4.68. The highest BCUT2D eigenvalue weighted by molar-refractivity contribution is 5.79. The number of nitrogens with one attached hydrogen (secondary N) is 1. The van der Waals surface area contributed by atoms with E-state index in [9.17, 15) is 0 Å². The SMILES string of the molecule is CC.Cc1cc2cn[nH]c2cc1C. The number of aromatic amines is 1. The number of fused-ring (bicyclic) bond motifs is 1. The predicted molar refractivity (Wildman–Crippen MR) is 56.9 cm³/mol. The summed E-state index contributed by atoms with van der Waals surface area (Å²) in [5.41, 5.74) is 3.74. The fraction of sp³-hybridized carbons (Fsp3) is 0.364. The van der Waals surface area contributed by atoms with E-state index in [0.717, 1.165) is 5.52 Å². The van der Waals surface area contributed by atoms with Crippen LogP contribution in [-0.2, 0) is 0 Å². The van der Waals surface area contributed by atoms with Crippen molar-refractivity contribution in [2.45, 2.75) is 27.7 Å². The molecule has 0 aliphatic heterocycles. The quantitative estimate of drug-likeness (QED) is 0.656. The van der Waals surface area contributed by atoms with Gasteiger partial charge in [0.05, 0.1) is 11.7 Å². The molecule has 1 heterocycles. The fourth-order valence-electron chi connectivity index (χ4n) is 1.21. The minimum atomic E-state index is 1.12. The van der Waals surface area contributed by atoms with Crippen LogP contribution < -0.4 is 0 Å². The molecule has 1 aromatic carbocycles. The molecule has 0 saturated carbocycles. The van der Waals surface area contributed by atoms with Gasteiger partial charge in [-0.25, -0.2) is 0 Å². The summed E-state index contributed by atoms with van der Waals surface area (Å²) in [6.07, 6.45) is 1.85. The van der Waals surface area contributed by atoms with Gasteiger partial charge in [0.2, 0.25) is 0 Å². The lowest BCUT2D eigenvalue weighted by Gasteiger charge is -1.97. The number of rotatable bonds is 0. The Morgan fingerprint density at radius 1 is 1.08 bits per heavy atom. The van der Waals surface area contributed by atoms with Crippen LogP contribution in [0.3, 0.4) is 0 Å². The summed E-state index contributed by atoms with van der Waals surface area (Å²) >= 11 is 0. The van der Waals surface area contributed by atoms with Crippen LogP contribution in [0.5, 0.6) is 0 Å². The van der Waals surface area contributed by atoms with Gasteiger partial charge in [0.1, 0.15) is 0 Å². The molecule has 0 spiro atoms. The van der Waals surface area contributed by atoms with Crippen LogP contribution in [-0.4, -0.2) is 10.2 Å². The van der Waals surface area contributed by atoms with Gasteiger partial charge in [0.15, 0.2) is 0 Å². The minimum absolute atomic E-state index is 1.12. The Bertz CT molecular complexity index is 352. The lowest BCUT2D eigenvalue weighted by molar-refractivity contribution is 1.12. The van der Waals surface area contributed by atoms with Crippen LogP contribution in [0.4, 0.5) is 0 Å². The minimum Gasteiger partial charge on any atom is -0.278 e. The van der Waals surface area contributed by atoms with Gasteiger partial charge < -0.3 is 0 Å². The van der Waals surface area contributed by atoms with Crippen molar-refractivity contribution in [1.29, 1.82) is 0 Å². The van der Waals surface area contributed by atoms with E-state index >= 15 is 0 Å². The summed E-state index contributed by atoms with van der Waals surface area (Å²) in [6, 6.07) is 4.27. The summed E-state index contributed by atoms with van der Waals surface area (Å²) in [5, 5.41) is 8.08. The number of hydrogen-bond acceptors (Lipinski definition) is 1. The highest BCUT2D eigenvalue weighted by Crippen LogP contribution is 2.15. The van der Waals surface area contributed by atoms with Gasteiger partial charge in [0.25, 0.3) is 0 Å². The second-order valence-electron chi connectivity index (χ2n) is 2.89. The van der Waals surface area contributed by atoms with Crippen LogP contribution >= 0.6 is 0 Å². The maximum absolute atomic E-state index is 3.96. The standard InChI is InChI=1S/C9H10N2.C2H6/c1-6-3-8-5-10-11-9(8)4-7(6)2;1-2/h3-5H,1-2H3,(H,10,11);1-2H3. The average Bonchev–Trinajstić information content (AvgIpc) is 2.56. The summed E-state index contributed by atoms with van der Waals surface area (Å²) < 4.78 is 0. The van der Waals surface area contributed by atoms with Gasteiger partial charge in [-0.1, -0.05) is 13.8 Å². The number of nitrogens with zero attached hydrogens (tertiary/aromatic N) is 1. The first-order valence-electron chi connectivity index (χ1n) is 4.68. The number of H-pyrrole nitrogens is 1. The fourth-order valence-corrected chi connectivity index (χ4v) is 1.21. The lowest BCUT2D eigenvalue weighted by atomic mass is 10.1. The van der Waals surface area contributed by atoms with Crippen LogP contribution in [0, 0.1) is 13.8 Å². The molecular weight excluding hydrogens is 160 g/mol. The lowest BCUT2D eigenvalue weighted by Crippen LogP contribution is -1.79. The van der Waals surface area contributed by atoms with Crippen LogP contribution in [0.25, 0.3) is 10.9 Å². The van der Waals surface area contributed by atoms with Crippen LogP contribution in [0.15, 0.2) is 18.3 Å². The topological polar surface area (TPSA) is 28.7 Å². The Morgan fingerprint density at radius 3 is 2.38 bits per heavy atom. The van der Waals surface area contributed by atoms with Crippen molar-refractivity contribution in [3.05, 3.63) is 29.5 Å². The van der Waals surface area contributed by atoms with E-state index in [-0.39, 0.29) is 0 Å². The highest BCUT2D eigenvalue weighted by Gasteiger charge is 1.97. The molecule has 2 aromatic rings. The molecule has 1 N–H and O–H groups in total. The molecule has 0 saturated heterocycles. The molecule has 0 aliphatic carbocycles. The molecule has 2 heteroatoms. The predicted octanol–water partition coefficient (Wildman–Crippen LogP) is 3.21. The first kappa shape index (κ1) is 9.78. The van der Waals surface area contributed by atoms with E-state index in [1.807, 2.05) is 20.0 Å². The van der Waals surface area contributed by atoms with E-state index in [4.69, 9.17) is 0 Å². The Morgan fingerprint density at radius 2 is 1.69 bits per heavy atom. The zero-order chi connectivity index (χ0) is 9.84. The molecule has 2 nitrogen and oxygen atoms in total. The molecule has 13 heavy (non-hydrogen) atoms. The highest BCUT2D eigenvalue weighted by atomic mass is 15.1. The molecule has 2 rings (SSSR count). The second kappa shape index (κ2) is 4.08. The number of aromatic nitrogens is 2. The van der Waals surface area contributed by atoms with Crippen molar-refractivity contribution in [3.63, 3.8) is 0 Å². The van der Waals surface area contributed by atoms with Crippen molar-refractivity contribution < 1.29 is 0 Å². The largest absolute Gasteiger partial charge is 0.278 e. The maximum atomic E-state index is 3.96. The Hall–Kier alpha value is -1.31. The van der Waals surface area contributed by atoms with E-state index in [1.54, 1.807) is 0 Å². The monoisotopic (exact) mass is 176 g/mol. The summed E-state index contributed by atoms with van der Waals surface area (Å²) in [6.45, 7) is 8.22. The zero-order valence-corrected chi connectivity index (χ0v) is 8.68. The van der Waals surface area contributed by atoms with Crippen molar-refractivity contribution in [3.8, 4) is 0 Å². The Kier molecular flexibility index (Phi) is 3.07. The normalized spacial score (nSPS) is 9.54. The van der Waals surface area contributed by atoms with Crippen LogP contribution in [0.1, 0.15) is 25.0 Å². The smallest absolute Gasteiger partial charge is 0.0653 e. The second-order valence-corrected chi connectivity index (χ2v) is 2.89. The maximum Gasteiger partial charge on any atom is 0.0653 e. The zero-order valence-electron chi connectivity index (χ0n) is 8.68. The van der Waals surface area contributed by atoms with E-state index in [2.05, 4.69) is 36.2 Å². The van der Waals surface area contributed by atoms with Gasteiger partial charge in [-0.05, 0) is 37.1 Å². The Balaban J connectivity index is 0.000000396. The van der Waals surface area contributed by atoms with E-state index < -0.39 is 0 Å². The van der Waals surface area contributed by atoms with Gasteiger partial charge in [-0.2, -0.15) is 5.10 Å². The number of aryl methyl sites for hydroxylation is 2. The third-order valence-corrected chi connectivity index (χ3v) is 2.05. The first-order chi connectivity index (χ1) is 6.27. The van der Waals surface area contributed by atoms with E-state index in [1.165, 1.54) is 16.5 Å². The molecule has 0 radical (unpaired) electrons. The number of benzene rings is 1. The van der Waals surface area contributed by atoms with Crippen molar-refractivity contribution in [1.82, 2.24) is 10.2 Å². The van der Waals surface area contributed by atoms with Crippen molar-refractivity contribution in [2.75, 3.05) is 0 Å². The molecule has 0 unspecified atom stereocenters. The molecule has 0 bridgehead atoms.